The van der Waals surface area contributed by atoms with Gasteiger partial charge in [0.25, 0.3) is 5.91 Å². The maximum absolute atomic E-state index is 12.0. The van der Waals surface area contributed by atoms with Gasteiger partial charge in [-0.2, -0.15) is 0 Å². The molecule has 0 atom stereocenters. The maximum atomic E-state index is 12.0. The molecule has 1 aromatic carbocycles. The van der Waals surface area contributed by atoms with E-state index in [4.69, 9.17) is 4.74 Å². The molecule has 1 aromatic rings. The first-order chi connectivity index (χ1) is 9.79. The Morgan fingerprint density at radius 2 is 1.95 bits per heavy atom. The van der Waals surface area contributed by atoms with Gasteiger partial charge in [0.15, 0.2) is 0 Å². The second kappa shape index (κ2) is 8.02. The molecule has 0 aliphatic carbocycles. The van der Waals surface area contributed by atoms with Gasteiger partial charge in [-0.15, -0.1) is 0 Å². The van der Waals surface area contributed by atoms with Crippen LogP contribution in [0.1, 0.15) is 29.3 Å². The van der Waals surface area contributed by atoms with Gasteiger partial charge in [-0.3, -0.25) is 4.79 Å². The highest BCUT2D eigenvalue weighted by Gasteiger charge is 2.13. The fourth-order valence-electron chi connectivity index (χ4n) is 2.44. The fourth-order valence-corrected chi connectivity index (χ4v) is 2.44. The van der Waals surface area contributed by atoms with Gasteiger partial charge >= 0.3 is 0 Å². The van der Waals surface area contributed by atoms with Crippen molar-refractivity contribution in [2.24, 2.45) is 0 Å². The Morgan fingerprint density at radius 3 is 2.60 bits per heavy atom. The van der Waals surface area contributed by atoms with Gasteiger partial charge in [0.05, 0.1) is 19.8 Å². The van der Waals surface area contributed by atoms with E-state index in [2.05, 4.69) is 12.2 Å². The number of rotatable bonds is 6. The molecule has 0 unspecified atom stereocenters. The molecule has 4 nitrogen and oxygen atoms in total. The Morgan fingerprint density at radius 1 is 1.25 bits per heavy atom. The number of benzene rings is 1. The van der Waals surface area contributed by atoms with Crippen LogP contribution in [-0.4, -0.2) is 45.3 Å². The van der Waals surface area contributed by atoms with Crippen molar-refractivity contribution in [2.45, 2.75) is 19.8 Å². The molecule has 0 spiro atoms. The van der Waals surface area contributed by atoms with Crippen LogP contribution in [0.5, 0.6) is 0 Å². The third-order valence-corrected chi connectivity index (χ3v) is 3.82. The summed E-state index contributed by atoms with van der Waals surface area (Å²) in [5.41, 5.74) is 2.01. The Labute approximate surface area is 121 Å². The summed E-state index contributed by atoms with van der Waals surface area (Å²) >= 11 is 0. The predicted octanol–water partition coefficient (Wildman–Crippen LogP) is 0.284. The summed E-state index contributed by atoms with van der Waals surface area (Å²) in [5.74, 6) is 0.0321. The first-order valence-electron chi connectivity index (χ1n) is 7.58. The largest absolute Gasteiger partial charge is 0.370 e. The Kier molecular flexibility index (Phi) is 6.02. The predicted molar refractivity (Wildman–Crippen MR) is 79.2 cm³/mol. The Balaban J connectivity index is 1.66. The van der Waals surface area contributed by atoms with Crippen molar-refractivity contribution in [3.63, 3.8) is 0 Å². The molecule has 4 heteroatoms. The number of morpholine rings is 1. The smallest absolute Gasteiger partial charge is 0.251 e. The van der Waals surface area contributed by atoms with Crippen LogP contribution >= 0.6 is 0 Å². The molecule has 0 bridgehead atoms. The molecule has 2 N–H and O–H groups in total. The van der Waals surface area contributed by atoms with E-state index in [9.17, 15) is 4.79 Å². The summed E-state index contributed by atoms with van der Waals surface area (Å²) in [6.45, 7) is 7.88. The summed E-state index contributed by atoms with van der Waals surface area (Å²) in [4.78, 5) is 13.5. The van der Waals surface area contributed by atoms with Gasteiger partial charge in [0, 0.05) is 18.5 Å². The highest BCUT2D eigenvalue weighted by Crippen LogP contribution is 2.04. The lowest BCUT2D eigenvalue weighted by molar-refractivity contribution is -0.908. The van der Waals surface area contributed by atoms with Gasteiger partial charge in [-0.05, 0) is 24.1 Å². The van der Waals surface area contributed by atoms with Gasteiger partial charge in [0.1, 0.15) is 13.1 Å². The quantitative estimate of drug-likeness (QED) is 0.734. The van der Waals surface area contributed by atoms with Gasteiger partial charge in [0.2, 0.25) is 0 Å². The van der Waals surface area contributed by atoms with E-state index in [0.29, 0.717) is 0 Å². The number of carbonyl (C=O) groups excluding carboxylic acids is 1. The molecular formula is C16H25N2O2+. The zero-order chi connectivity index (χ0) is 14.2. The van der Waals surface area contributed by atoms with E-state index in [0.717, 1.165) is 57.8 Å². The van der Waals surface area contributed by atoms with Crippen LogP contribution in [0.15, 0.2) is 24.3 Å². The van der Waals surface area contributed by atoms with Crippen molar-refractivity contribution < 1.29 is 14.4 Å². The van der Waals surface area contributed by atoms with E-state index in [1.54, 1.807) is 4.90 Å². The molecule has 110 valence electrons. The summed E-state index contributed by atoms with van der Waals surface area (Å²) < 4.78 is 5.33. The first-order valence-corrected chi connectivity index (χ1v) is 7.58. The van der Waals surface area contributed by atoms with Gasteiger partial charge in [-0.25, -0.2) is 0 Å². The number of ether oxygens (including phenoxy) is 1. The summed E-state index contributed by atoms with van der Waals surface area (Å²) in [7, 11) is 0. The van der Waals surface area contributed by atoms with E-state index in [1.807, 2.05) is 24.3 Å². The molecular weight excluding hydrogens is 252 g/mol. The lowest BCUT2D eigenvalue weighted by Crippen LogP contribution is -3.14. The average Bonchev–Trinajstić information content (AvgIpc) is 2.52. The molecule has 1 heterocycles. The molecule has 2 rings (SSSR count). The Hall–Kier alpha value is -1.39. The molecule has 0 radical (unpaired) electrons. The number of nitrogens with one attached hydrogen (secondary N) is 2. The maximum Gasteiger partial charge on any atom is 0.251 e. The normalized spacial score (nSPS) is 16.1. The monoisotopic (exact) mass is 277 g/mol. The topological polar surface area (TPSA) is 42.8 Å². The lowest BCUT2D eigenvalue weighted by Gasteiger charge is -2.23. The number of hydrogen-bond acceptors (Lipinski definition) is 2. The standard InChI is InChI=1S/C16H24N2O2/c1-2-14-4-6-15(7-5-14)16(19)17-8-3-9-18-10-12-20-13-11-18/h4-7H,2-3,8-13H2,1H3,(H,17,19)/p+1. The minimum atomic E-state index is 0.0321. The second-order valence-corrected chi connectivity index (χ2v) is 5.27. The number of hydrogen-bond donors (Lipinski definition) is 2. The van der Waals surface area contributed by atoms with Crippen molar-refractivity contribution in [2.75, 3.05) is 39.4 Å². The van der Waals surface area contributed by atoms with Crippen LogP contribution < -0.4 is 10.2 Å². The van der Waals surface area contributed by atoms with Crippen molar-refractivity contribution in [1.29, 1.82) is 0 Å². The highest BCUT2D eigenvalue weighted by atomic mass is 16.5. The average molecular weight is 277 g/mol. The van der Waals surface area contributed by atoms with E-state index < -0.39 is 0 Å². The highest BCUT2D eigenvalue weighted by molar-refractivity contribution is 5.94. The molecule has 1 aliphatic rings. The number of quaternary nitrogens is 1. The van der Waals surface area contributed by atoms with Crippen LogP contribution in [-0.2, 0) is 11.2 Å². The zero-order valence-electron chi connectivity index (χ0n) is 12.3. The van der Waals surface area contributed by atoms with Crippen LogP contribution in [0.3, 0.4) is 0 Å². The van der Waals surface area contributed by atoms with Crippen molar-refractivity contribution in [3.05, 3.63) is 35.4 Å². The molecule has 1 amide bonds. The first kappa shape index (κ1) is 15.0. The minimum Gasteiger partial charge on any atom is -0.370 e. The van der Waals surface area contributed by atoms with Crippen LogP contribution in [0, 0.1) is 0 Å². The fraction of sp³-hybridized carbons (Fsp3) is 0.562. The number of amides is 1. The molecule has 0 aromatic heterocycles. The lowest BCUT2D eigenvalue weighted by atomic mass is 10.1. The summed E-state index contributed by atoms with van der Waals surface area (Å²) in [6, 6.07) is 7.85. The van der Waals surface area contributed by atoms with Gasteiger partial charge < -0.3 is 15.0 Å². The van der Waals surface area contributed by atoms with E-state index in [-0.39, 0.29) is 5.91 Å². The molecule has 20 heavy (non-hydrogen) atoms. The number of carbonyl (C=O) groups is 1. The van der Waals surface area contributed by atoms with Crippen molar-refractivity contribution in [1.82, 2.24) is 5.32 Å². The van der Waals surface area contributed by atoms with E-state index in [1.165, 1.54) is 5.56 Å². The Bertz CT molecular complexity index is 411. The summed E-state index contributed by atoms with van der Waals surface area (Å²) in [6.07, 6.45) is 2.03. The van der Waals surface area contributed by atoms with Crippen LogP contribution in [0.2, 0.25) is 0 Å². The molecule has 1 fully saturated rings. The molecule has 1 aliphatic heterocycles. The van der Waals surface area contributed by atoms with E-state index >= 15 is 0 Å². The van der Waals surface area contributed by atoms with Crippen LogP contribution in [0.4, 0.5) is 0 Å². The zero-order valence-corrected chi connectivity index (χ0v) is 12.3. The SMILES string of the molecule is CCc1ccc(C(=O)NCCC[NH+]2CCOCC2)cc1. The van der Waals surface area contributed by atoms with Crippen molar-refractivity contribution in [3.8, 4) is 0 Å². The molecule has 1 saturated heterocycles. The second-order valence-electron chi connectivity index (χ2n) is 5.27. The third-order valence-electron chi connectivity index (χ3n) is 3.82. The molecule has 0 saturated carbocycles. The van der Waals surface area contributed by atoms with Crippen molar-refractivity contribution >= 4 is 5.91 Å². The minimum absolute atomic E-state index is 0.0321. The summed E-state index contributed by atoms with van der Waals surface area (Å²) in [5, 5.41) is 2.99. The van der Waals surface area contributed by atoms with Gasteiger partial charge in [-0.1, -0.05) is 19.1 Å². The van der Waals surface area contributed by atoms with Crippen LogP contribution in [0.25, 0.3) is 0 Å². The third kappa shape index (κ3) is 4.62. The number of aryl methyl sites for hydroxylation is 1.